The number of phenolic OH excluding ortho intramolecular Hbond substituents is 1. The van der Waals surface area contributed by atoms with Gasteiger partial charge in [0.1, 0.15) is 17.6 Å². The van der Waals surface area contributed by atoms with E-state index >= 15 is 0 Å². The number of aliphatic carboxylic acids is 1. The van der Waals surface area contributed by atoms with Gasteiger partial charge in [0.15, 0.2) is 0 Å². The van der Waals surface area contributed by atoms with Gasteiger partial charge in [-0.15, -0.1) is 0 Å². The second kappa shape index (κ2) is 6.70. The highest BCUT2D eigenvalue weighted by Gasteiger charge is 2.21. The molecule has 0 aliphatic rings. The lowest BCUT2D eigenvalue weighted by Gasteiger charge is -2.14. The van der Waals surface area contributed by atoms with Crippen LogP contribution in [0, 0.1) is 11.3 Å². The van der Waals surface area contributed by atoms with Crippen molar-refractivity contribution in [1.82, 2.24) is 0 Å². The molecule has 1 rings (SSSR count). The summed E-state index contributed by atoms with van der Waals surface area (Å²) in [6.07, 6.45) is 2.00. The van der Waals surface area contributed by atoms with Crippen LogP contribution in [0.1, 0.15) is 31.4 Å². The number of carbonyl (C=O) groups is 1. The maximum atomic E-state index is 11.2. The average Bonchev–Trinajstić information content (AvgIpc) is 2.39. The van der Waals surface area contributed by atoms with Gasteiger partial charge in [-0.25, -0.2) is 4.79 Å². The molecule has 0 radical (unpaired) electrons. The van der Waals surface area contributed by atoms with E-state index < -0.39 is 12.0 Å². The van der Waals surface area contributed by atoms with Crippen LogP contribution in [0.25, 0.3) is 0 Å². The van der Waals surface area contributed by atoms with Crippen LogP contribution < -0.4 is 5.73 Å². The quantitative estimate of drug-likeness (QED) is 0.466. The molecule has 0 bridgehead atoms. The maximum Gasteiger partial charge on any atom is 0.328 e. The van der Waals surface area contributed by atoms with E-state index in [-0.39, 0.29) is 17.5 Å². The number of carboxylic acids is 1. The lowest BCUT2D eigenvalue weighted by Crippen LogP contribution is -2.25. The summed E-state index contributed by atoms with van der Waals surface area (Å²) in [6.45, 7) is 3.70. The van der Waals surface area contributed by atoms with Crippen LogP contribution in [0.15, 0.2) is 23.2 Å². The lowest BCUT2D eigenvalue weighted by atomic mass is 10.00. The summed E-state index contributed by atoms with van der Waals surface area (Å²) < 4.78 is 0. The Morgan fingerprint density at radius 2 is 2.20 bits per heavy atom. The predicted octanol–water partition coefficient (Wildman–Crippen LogP) is 1.59. The summed E-state index contributed by atoms with van der Waals surface area (Å²) in [6, 6.07) is 3.55. The monoisotopic (exact) mass is 277 g/mol. The van der Waals surface area contributed by atoms with Crippen molar-refractivity contribution in [3.05, 3.63) is 29.3 Å². The Morgan fingerprint density at radius 3 is 2.70 bits per heavy atom. The Hall–Kier alpha value is -2.37. The molecule has 0 aliphatic carbocycles. The fourth-order valence-corrected chi connectivity index (χ4v) is 1.66. The Bertz CT molecular complexity index is 540. The van der Waals surface area contributed by atoms with Crippen LogP contribution in [-0.4, -0.2) is 34.3 Å². The van der Waals surface area contributed by atoms with Crippen molar-refractivity contribution in [2.75, 3.05) is 0 Å². The first-order chi connectivity index (χ1) is 9.36. The Labute approximate surface area is 117 Å². The van der Waals surface area contributed by atoms with E-state index in [0.717, 1.165) is 0 Å². The van der Waals surface area contributed by atoms with Gasteiger partial charge in [0.25, 0.3) is 0 Å². The van der Waals surface area contributed by atoms with Crippen molar-refractivity contribution in [2.45, 2.75) is 26.3 Å². The molecular weight excluding hydrogens is 258 g/mol. The van der Waals surface area contributed by atoms with Crippen molar-refractivity contribution >= 4 is 18.0 Å². The molecule has 2 atom stereocenters. The number of nitrogen functional groups attached to an aromatic ring is 1. The first kappa shape index (κ1) is 15.7. The number of nitrogens with one attached hydrogen (secondary N) is 1. The molecule has 0 spiro atoms. The van der Waals surface area contributed by atoms with Gasteiger partial charge < -0.3 is 15.9 Å². The third kappa shape index (κ3) is 3.81. The number of rotatable bonds is 6. The first-order valence-corrected chi connectivity index (χ1v) is 6.30. The molecule has 1 aromatic carbocycles. The van der Waals surface area contributed by atoms with E-state index in [1.165, 1.54) is 24.4 Å². The van der Waals surface area contributed by atoms with Crippen LogP contribution in [0.3, 0.4) is 0 Å². The highest BCUT2D eigenvalue weighted by atomic mass is 16.4. The zero-order valence-corrected chi connectivity index (χ0v) is 11.5. The van der Waals surface area contributed by atoms with E-state index in [2.05, 4.69) is 4.99 Å². The second-order valence-electron chi connectivity index (χ2n) is 4.63. The van der Waals surface area contributed by atoms with Gasteiger partial charge in [-0.2, -0.15) is 0 Å². The number of aliphatic imine (C=N–C) groups is 1. The second-order valence-corrected chi connectivity index (χ2v) is 4.63. The highest BCUT2D eigenvalue weighted by molar-refractivity contribution is 5.97. The van der Waals surface area contributed by atoms with Crippen LogP contribution >= 0.6 is 0 Å². The largest absolute Gasteiger partial charge is 0.507 e. The number of benzene rings is 1. The van der Waals surface area contributed by atoms with Gasteiger partial charge in [0, 0.05) is 17.3 Å². The Morgan fingerprint density at radius 1 is 1.55 bits per heavy atom. The van der Waals surface area contributed by atoms with Crippen LogP contribution in [0.5, 0.6) is 5.75 Å². The van der Waals surface area contributed by atoms with Crippen LogP contribution in [-0.2, 0) is 4.79 Å². The zero-order chi connectivity index (χ0) is 15.3. The van der Waals surface area contributed by atoms with E-state index in [1.54, 1.807) is 0 Å². The molecule has 6 nitrogen and oxygen atoms in total. The predicted molar refractivity (Wildman–Crippen MR) is 77.6 cm³/mol. The smallest absolute Gasteiger partial charge is 0.328 e. The standard InChI is InChI=1S/C14H19N3O3/c1-3-8(2)12(14(19)20)17-7-10-6-9(13(15)16)4-5-11(10)18/h4-8,12,18H,3H2,1-2H3,(H3,15,16)(H,19,20)/t8-,12-/m0/s1. The van der Waals surface area contributed by atoms with E-state index in [9.17, 15) is 9.90 Å². The van der Waals surface area contributed by atoms with Crippen LogP contribution in [0.4, 0.5) is 0 Å². The molecule has 0 saturated heterocycles. The molecule has 0 aliphatic heterocycles. The number of aromatic hydroxyl groups is 1. The number of nitrogens with zero attached hydrogens (tertiary/aromatic N) is 1. The third-order valence-electron chi connectivity index (χ3n) is 3.15. The SMILES string of the molecule is CC[C@H](C)[C@H](N=Cc1cc(C(=N)N)ccc1O)C(=O)O. The van der Waals surface area contributed by atoms with Crippen molar-refractivity contribution < 1.29 is 15.0 Å². The number of hydrogen-bond acceptors (Lipinski definition) is 4. The topological polar surface area (TPSA) is 120 Å². The van der Waals surface area contributed by atoms with E-state index in [0.29, 0.717) is 17.5 Å². The summed E-state index contributed by atoms with van der Waals surface area (Å²) in [5, 5.41) is 26.2. The van der Waals surface area contributed by atoms with Gasteiger partial charge >= 0.3 is 5.97 Å². The van der Waals surface area contributed by atoms with Gasteiger partial charge in [0.2, 0.25) is 0 Å². The number of phenols is 1. The Balaban J connectivity index is 3.06. The summed E-state index contributed by atoms with van der Waals surface area (Å²) in [4.78, 5) is 15.2. The first-order valence-electron chi connectivity index (χ1n) is 6.30. The fourth-order valence-electron chi connectivity index (χ4n) is 1.66. The normalized spacial score (nSPS) is 14.1. The molecular formula is C14H19N3O3. The minimum atomic E-state index is -1.00. The van der Waals surface area contributed by atoms with Crippen molar-refractivity contribution in [2.24, 2.45) is 16.6 Å². The average molecular weight is 277 g/mol. The van der Waals surface area contributed by atoms with Crippen LogP contribution in [0.2, 0.25) is 0 Å². The zero-order valence-electron chi connectivity index (χ0n) is 11.5. The van der Waals surface area contributed by atoms with Gasteiger partial charge in [-0.05, 0) is 24.1 Å². The van der Waals surface area contributed by atoms with Crippen molar-refractivity contribution in [1.29, 1.82) is 5.41 Å². The molecule has 0 fully saturated rings. The summed E-state index contributed by atoms with van der Waals surface area (Å²) in [7, 11) is 0. The summed E-state index contributed by atoms with van der Waals surface area (Å²) in [5.74, 6) is -1.27. The van der Waals surface area contributed by atoms with E-state index in [1.807, 2.05) is 13.8 Å². The fraction of sp³-hybridized carbons (Fsp3) is 0.357. The minimum absolute atomic E-state index is 0.0351. The number of carboxylic acid groups (broad SMARTS) is 1. The molecule has 0 heterocycles. The molecule has 5 N–H and O–H groups in total. The highest BCUT2D eigenvalue weighted by Crippen LogP contribution is 2.18. The molecule has 108 valence electrons. The number of nitrogens with two attached hydrogens (primary N) is 1. The summed E-state index contributed by atoms with van der Waals surface area (Å²) in [5.41, 5.74) is 6.15. The number of hydrogen-bond donors (Lipinski definition) is 4. The lowest BCUT2D eigenvalue weighted by molar-refractivity contribution is -0.139. The molecule has 0 unspecified atom stereocenters. The van der Waals surface area contributed by atoms with Gasteiger partial charge in [-0.1, -0.05) is 20.3 Å². The van der Waals surface area contributed by atoms with Crippen molar-refractivity contribution in [3.8, 4) is 5.75 Å². The van der Waals surface area contributed by atoms with Crippen molar-refractivity contribution in [3.63, 3.8) is 0 Å². The third-order valence-corrected chi connectivity index (χ3v) is 3.15. The molecule has 0 amide bonds. The molecule has 20 heavy (non-hydrogen) atoms. The van der Waals surface area contributed by atoms with Gasteiger partial charge in [0.05, 0.1) is 0 Å². The summed E-state index contributed by atoms with van der Waals surface area (Å²) >= 11 is 0. The minimum Gasteiger partial charge on any atom is -0.507 e. The maximum absolute atomic E-state index is 11.2. The molecule has 6 heteroatoms. The van der Waals surface area contributed by atoms with E-state index in [4.69, 9.17) is 16.2 Å². The molecule has 0 aromatic heterocycles. The molecule has 1 aromatic rings. The molecule has 0 saturated carbocycles. The van der Waals surface area contributed by atoms with Gasteiger partial charge in [-0.3, -0.25) is 10.4 Å². The number of amidine groups is 1. The Kier molecular flexibility index (Phi) is 5.25.